The van der Waals surface area contributed by atoms with Crippen molar-refractivity contribution < 1.29 is 0 Å². The molecule has 0 fully saturated rings. The molecule has 0 heterocycles. The SMILES string of the molecule is CCC1CCCC2=C1c1ccc(N(c3ccc4c(c3)C(C)(C)c3ccccc3-4)c3ccc4cc(Br)ccc4c3)cc1C2(C)C. The summed E-state index contributed by atoms with van der Waals surface area (Å²) in [7, 11) is 0. The molecule has 0 saturated heterocycles. The van der Waals surface area contributed by atoms with E-state index in [1.807, 2.05) is 0 Å². The third kappa shape index (κ3) is 4.03. The highest BCUT2D eigenvalue weighted by Gasteiger charge is 2.42. The van der Waals surface area contributed by atoms with Gasteiger partial charge in [0, 0.05) is 32.4 Å². The molecule has 5 aromatic carbocycles. The Hall–Kier alpha value is -3.62. The number of halogens is 1. The first kappa shape index (κ1) is 27.9. The fraction of sp³-hybridized carbons (Fsp3) is 0.286. The molecule has 0 saturated carbocycles. The standard InChI is InChI=1S/C42H40BrN/c1-6-26-10-9-13-37-40(26)35-21-19-32(25-39(35)42(37,4)5)44(30-17-15-27-22-29(43)16-14-28(27)23-30)31-18-20-34-33-11-7-8-12-36(33)41(2,3)38(34)24-31/h7-8,11-12,14-26H,6,9-10,13H2,1-5H3. The highest BCUT2D eigenvalue weighted by molar-refractivity contribution is 9.10. The van der Waals surface area contributed by atoms with Crippen LogP contribution in [0.4, 0.5) is 17.1 Å². The number of benzene rings is 5. The van der Waals surface area contributed by atoms with E-state index in [-0.39, 0.29) is 10.8 Å². The van der Waals surface area contributed by atoms with Gasteiger partial charge in [0.05, 0.1) is 0 Å². The van der Waals surface area contributed by atoms with Crippen LogP contribution >= 0.6 is 15.9 Å². The van der Waals surface area contributed by atoms with Crippen LogP contribution in [-0.2, 0) is 10.8 Å². The molecule has 1 unspecified atom stereocenters. The smallest absolute Gasteiger partial charge is 0.0468 e. The summed E-state index contributed by atoms with van der Waals surface area (Å²) in [6.07, 6.45) is 5.09. The summed E-state index contributed by atoms with van der Waals surface area (Å²) in [6.45, 7) is 12.0. The molecule has 0 N–H and O–H groups in total. The van der Waals surface area contributed by atoms with Crippen LogP contribution in [0, 0.1) is 5.92 Å². The van der Waals surface area contributed by atoms with Crippen LogP contribution in [0.2, 0.25) is 0 Å². The zero-order valence-corrected chi connectivity index (χ0v) is 28.1. The third-order valence-corrected chi connectivity index (χ3v) is 11.5. The Morgan fingerprint density at radius 3 is 2.05 bits per heavy atom. The maximum atomic E-state index is 3.66. The molecule has 8 rings (SSSR count). The van der Waals surface area contributed by atoms with E-state index < -0.39 is 0 Å². The molecular formula is C42H40BrN. The first-order valence-electron chi connectivity index (χ1n) is 16.3. The van der Waals surface area contributed by atoms with Crippen molar-refractivity contribution in [3.8, 4) is 11.1 Å². The van der Waals surface area contributed by atoms with Gasteiger partial charge in [-0.1, -0.05) is 105 Å². The van der Waals surface area contributed by atoms with Gasteiger partial charge in [-0.15, -0.1) is 0 Å². The molecule has 1 atom stereocenters. The van der Waals surface area contributed by atoms with E-state index in [2.05, 4.69) is 153 Å². The van der Waals surface area contributed by atoms with Crippen molar-refractivity contribution in [2.24, 2.45) is 5.92 Å². The van der Waals surface area contributed by atoms with Crippen LogP contribution in [-0.4, -0.2) is 0 Å². The molecule has 5 aromatic rings. The zero-order valence-electron chi connectivity index (χ0n) is 26.5. The average molecular weight is 639 g/mol. The van der Waals surface area contributed by atoms with Crippen molar-refractivity contribution in [3.63, 3.8) is 0 Å². The van der Waals surface area contributed by atoms with Crippen molar-refractivity contribution in [2.45, 2.75) is 71.1 Å². The second-order valence-electron chi connectivity index (χ2n) is 14.2. The monoisotopic (exact) mass is 637 g/mol. The largest absolute Gasteiger partial charge is 0.310 e. The number of nitrogens with zero attached hydrogens (tertiary/aromatic N) is 1. The quantitative estimate of drug-likeness (QED) is 0.189. The molecule has 1 nitrogen and oxygen atoms in total. The number of fused-ring (bicyclic) bond motifs is 6. The second-order valence-corrected chi connectivity index (χ2v) is 15.1. The maximum Gasteiger partial charge on any atom is 0.0468 e. The number of hydrogen-bond acceptors (Lipinski definition) is 1. The van der Waals surface area contributed by atoms with Gasteiger partial charge in [0.2, 0.25) is 0 Å². The van der Waals surface area contributed by atoms with E-state index in [4.69, 9.17) is 0 Å². The Labute approximate surface area is 270 Å². The summed E-state index contributed by atoms with van der Waals surface area (Å²) in [5.74, 6) is 0.682. The minimum atomic E-state index is -0.0542. The molecule has 0 bridgehead atoms. The van der Waals surface area contributed by atoms with E-state index in [0.717, 1.165) is 4.47 Å². The minimum absolute atomic E-state index is 0.0530. The summed E-state index contributed by atoms with van der Waals surface area (Å²) < 4.78 is 1.11. The Morgan fingerprint density at radius 2 is 1.27 bits per heavy atom. The first-order valence-corrected chi connectivity index (χ1v) is 17.1. The average Bonchev–Trinajstić information content (AvgIpc) is 3.40. The van der Waals surface area contributed by atoms with E-state index in [0.29, 0.717) is 5.92 Å². The first-order chi connectivity index (χ1) is 21.2. The molecular weight excluding hydrogens is 598 g/mol. The van der Waals surface area contributed by atoms with E-state index in [9.17, 15) is 0 Å². The zero-order chi connectivity index (χ0) is 30.4. The van der Waals surface area contributed by atoms with Crippen LogP contribution < -0.4 is 4.90 Å². The third-order valence-electron chi connectivity index (χ3n) is 11.1. The lowest BCUT2D eigenvalue weighted by atomic mass is 9.74. The maximum absolute atomic E-state index is 3.66. The van der Waals surface area contributed by atoms with E-state index in [1.165, 1.54) is 86.9 Å². The summed E-state index contributed by atoms with van der Waals surface area (Å²) in [6, 6.07) is 36.9. The van der Waals surface area contributed by atoms with Crippen molar-refractivity contribution in [1.82, 2.24) is 0 Å². The molecule has 0 spiro atoms. The van der Waals surface area contributed by atoms with E-state index in [1.54, 1.807) is 11.1 Å². The number of allylic oxidation sites excluding steroid dienone is 2. The summed E-state index contributed by atoms with van der Waals surface area (Å²) in [4.78, 5) is 2.49. The predicted molar refractivity (Wildman–Crippen MR) is 191 cm³/mol. The Balaban J connectivity index is 1.32. The summed E-state index contributed by atoms with van der Waals surface area (Å²) >= 11 is 3.66. The molecule has 3 aliphatic carbocycles. The molecule has 2 heteroatoms. The lowest BCUT2D eigenvalue weighted by Crippen LogP contribution is -2.20. The van der Waals surface area contributed by atoms with Gasteiger partial charge < -0.3 is 4.90 Å². The summed E-state index contributed by atoms with van der Waals surface area (Å²) in [5.41, 5.74) is 15.5. The fourth-order valence-corrected chi connectivity index (χ4v) is 9.08. The van der Waals surface area contributed by atoms with Crippen molar-refractivity contribution in [2.75, 3.05) is 4.90 Å². The Bertz CT molecular complexity index is 2010. The Morgan fingerprint density at radius 1 is 0.659 bits per heavy atom. The van der Waals surface area contributed by atoms with E-state index >= 15 is 0 Å². The molecule has 220 valence electrons. The number of anilines is 3. The molecule has 3 aliphatic rings. The van der Waals surface area contributed by atoms with Gasteiger partial charge in [-0.05, 0) is 130 Å². The lowest BCUT2D eigenvalue weighted by Gasteiger charge is -2.31. The van der Waals surface area contributed by atoms with Crippen molar-refractivity contribution in [1.29, 1.82) is 0 Å². The summed E-state index contributed by atoms with van der Waals surface area (Å²) in [5, 5.41) is 2.49. The normalized spacial score (nSPS) is 19.0. The van der Waals surface area contributed by atoms with Gasteiger partial charge in [-0.25, -0.2) is 0 Å². The van der Waals surface area contributed by atoms with Crippen molar-refractivity contribution in [3.05, 3.63) is 129 Å². The van der Waals surface area contributed by atoms with Crippen LogP contribution in [0.25, 0.3) is 27.5 Å². The van der Waals surface area contributed by atoms with Crippen molar-refractivity contribution >= 4 is 49.3 Å². The number of hydrogen-bond donors (Lipinski definition) is 0. The lowest BCUT2D eigenvalue weighted by molar-refractivity contribution is 0.500. The minimum Gasteiger partial charge on any atom is -0.310 e. The van der Waals surface area contributed by atoms with Gasteiger partial charge in [-0.3, -0.25) is 0 Å². The fourth-order valence-electron chi connectivity index (χ4n) is 8.70. The topological polar surface area (TPSA) is 3.24 Å². The highest BCUT2D eigenvalue weighted by Crippen LogP contribution is 2.56. The molecule has 44 heavy (non-hydrogen) atoms. The predicted octanol–water partition coefficient (Wildman–Crippen LogP) is 12.6. The highest BCUT2D eigenvalue weighted by atomic mass is 79.9. The van der Waals surface area contributed by atoms with Crippen LogP contribution in [0.5, 0.6) is 0 Å². The molecule has 0 radical (unpaired) electrons. The van der Waals surface area contributed by atoms with Gasteiger partial charge in [-0.2, -0.15) is 0 Å². The Kier molecular flexibility index (Phi) is 6.30. The van der Waals surface area contributed by atoms with Gasteiger partial charge in [0.1, 0.15) is 0 Å². The van der Waals surface area contributed by atoms with Gasteiger partial charge in [0.15, 0.2) is 0 Å². The number of rotatable bonds is 4. The van der Waals surface area contributed by atoms with Crippen LogP contribution in [0.3, 0.4) is 0 Å². The second kappa shape index (κ2) is 9.94. The van der Waals surface area contributed by atoms with Crippen LogP contribution in [0.1, 0.15) is 82.6 Å². The van der Waals surface area contributed by atoms with Gasteiger partial charge in [0.25, 0.3) is 0 Å². The molecule has 0 amide bonds. The van der Waals surface area contributed by atoms with Gasteiger partial charge >= 0.3 is 0 Å². The molecule has 0 aromatic heterocycles. The van der Waals surface area contributed by atoms with Crippen LogP contribution in [0.15, 0.2) is 107 Å². The molecule has 0 aliphatic heterocycles.